The summed E-state index contributed by atoms with van der Waals surface area (Å²) in [5.41, 5.74) is 3.19. The number of nitrogens with zero attached hydrogens (tertiary/aromatic N) is 1. The lowest BCUT2D eigenvalue weighted by molar-refractivity contribution is -0.126. The van der Waals surface area contributed by atoms with Crippen LogP contribution < -0.4 is 16.0 Å². The molecular weight excluding hydrogens is 514 g/mol. The fourth-order valence-electron chi connectivity index (χ4n) is 5.01. The quantitative estimate of drug-likeness (QED) is 0.285. The highest BCUT2D eigenvalue weighted by Crippen LogP contribution is 2.20. The zero-order valence-corrected chi connectivity index (χ0v) is 22.6. The van der Waals surface area contributed by atoms with Gasteiger partial charge in [0.15, 0.2) is 0 Å². The topological polar surface area (TPSA) is 93.7 Å². The monoisotopic (exact) mass is 550 g/mol. The second-order valence-corrected chi connectivity index (χ2v) is 10.1. The minimum atomic E-state index is -1.06. The number of rotatable bonds is 11. The normalized spacial score (nSPS) is 16.4. The van der Waals surface area contributed by atoms with Gasteiger partial charge in [-0.15, -0.1) is 0 Å². The number of para-hydroxylation sites is 1. The average molecular weight is 551 g/mol. The molecule has 40 heavy (non-hydrogen) atoms. The Labute approximate surface area is 233 Å². The maximum atomic E-state index is 13.9. The fraction of sp³-hybridized carbons (Fsp3) is 0.355. The summed E-state index contributed by atoms with van der Waals surface area (Å²) in [6, 6.07) is 18.3. The van der Waals surface area contributed by atoms with Crippen LogP contribution in [0.1, 0.15) is 36.5 Å². The molecule has 1 unspecified atom stereocenters. The molecule has 1 fully saturated rings. The Morgan fingerprint density at radius 3 is 2.42 bits per heavy atom. The molecule has 1 aliphatic heterocycles. The molecule has 0 spiro atoms. The van der Waals surface area contributed by atoms with Crippen LogP contribution in [0, 0.1) is 11.6 Å². The van der Waals surface area contributed by atoms with Crippen molar-refractivity contribution < 1.29 is 23.5 Å². The molecule has 1 saturated heterocycles. The van der Waals surface area contributed by atoms with E-state index in [1.807, 2.05) is 18.2 Å². The minimum Gasteiger partial charge on any atom is -0.390 e. The highest BCUT2D eigenvalue weighted by Gasteiger charge is 2.36. The summed E-state index contributed by atoms with van der Waals surface area (Å²) >= 11 is 0. The van der Waals surface area contributed by atoms with E-state index in [1.54, 1.807) is 24.3 Å². The number of carbonyl (C=O) groups excluding carboxylic acids is 2. The van der Waals surface area contributed by atoms with Crippen molar-refractivity contribution in [3.05, 3.63) is 101 Å². The zero-order valence-electron chi connectivity index (χ0n) is 22.6. The molecular formula is C31H36F2N4O3. The number of amides is 3. The molecule has 4 N–H and O–H groups in total. The summed E-state index contributed by atoms with van der Waals surface area (Å²) in [4.78, 5) is 27.8. The van der Waals surface area contributed by atoms with Crippen molar-refractivity contribution >= 4 is 17.6 Å². The zero-order chi connectivity index (χ0) is 28.5. The fourth-order valence-corrected chi connectivity index (χ4v) is 5.01. The van der Waals surface area contributed by atoms with Crippen molar-refractivity contribution in [2.24, 2.45) is 0 Å². The van der Waals surface area contributed by atoms with E-state index in [4.69, 9.17) is 0 Å². The van der Waals surface area contributed by atoms with E-state index >= 15 is 0 Å². The third-order valence-electron chi connectivity index (χ3n) is 7.09. The molecule has 0 aliphatic carbocycles. The summed E-state index contributed by atoms with van der Waals surface area (Å²) in [5, 5.41) is 20.0. The molecule has 212 valence electrons. The van der Waals surface area contributed by atoms with E-state index in [0.29, 0.717) is 37.2 Å². The van der Waals surface area contributed by atoms with Crippen LogP contribution in [0.4, 0.5) is 19.3 Å². The number of urea groups is 1. The second kappa shape index (κ2) is 14.0. The molecule has 0 radical (unpaired) electrons. The Morgan fingerprint density at radius 2 is 1.70 bits per heavy atom. The molecule has 3 aromatic carbocycles. The summed E-state index contributed by atoms with van der Waals surface area (Å²) < 4.78 is 27.8. The van der Waals surface area contributed by atoms with Gasteiger partial charge in [0.05, 0.1) is 12.1 Å². The SMILES string of the molecule is CCc1cccc(CNC[C@@H](O)[C@H](Cc2cc(F)cc(F)c2)NC(=O)C2CCCN2C(=O)Nc2ccccc2)c1. The van der Waals surface area contributed by atoms with Gasteiger partial charge in [0.25, 0.3) is 0 Å². The lowest BCUT2D eigenvalue weighted by Crippen LogP contribution is -2.54. The van der Waals surface area contributed by atoms with Gasteiger partial charge < -0.3 is 26.0 Å². The predicted octanol–water partition coefficient (Wildman–Crippen LogP) is 4.40. The molecule has 3 aromatic rings. The van der Waals surface area contributed by atoms with Crippen LogP contribution >= 0.6 is 0 Å². The van der Waals surface area contributed by atoms with Gasteiger partial charge in [-0.1, -0.05) is 49.4 Å². The third-order valence-corrected chi connectivity index (χ3v) is 7.09. The van der Waals surface area contributed by atoms with Crippen LogP contribution in [0.5, 0.6) is 0 Å². The van der Waals surface area contributed by atoms with Gasteiger partial charge in [-0.2, -0.15) is 0 Å². The van der Waals surface area contributed by atoms with Crippen LogP contribution in [0.2, 0.25) is 0 Å². The van der Waals surface area contributed by atoms with Crippen molar-refractivity contribution in [2.75, 3.05) is 18.4 Å². The lowest BCUT2D eigenvalue weighted by Gasteiger charge is -2.29. The van der Waals surface area contributed by atoms with Gasteiger partial charge >= 0.3 is 6.03 Å². The highest BCUT2D eigenvalue weighted by atomic mass is 19.1. The van der Waals surface area contributed by atoms with Gasteiger partial charge in [0.2, 0.25) is 5.91 Å². The number of hydrogen-bond donors (Lipinski definition) is 4. The summed E-state index contributed by atoms with van der Waals surface area (Å²) in [5.74, 6) is -1.89. The first-order valence-corrected chi connectivity index (χ1v) is 13.7. The van der Waals surface area contributed by atoms with Crippen LogP contribution in [0.3, 0.4) is 0 Å². The number of halogens is 2. The lowest BCUT2D eigenvalue weighted by atomic mass is 9.99. The number of benzene rings is 3. The minimum absolute atomic E-state index is 0.0114. The van der Waals surface area contributed by atoms with E-state index in [2.05, 4.69) is 35.0 Å². The van der Waals surface area contributed by atoms with Crippen molar-refractivity contribution in [2.45, 2.75) is 57.3 Å². The number of aryl methyl sites for hydroxylation is 1. The molecule has 7 nitrogen and oxygen atoms in total. The Morgan fingerprint density at radius 1 is 0.975 bits per heavy atom. The van der Waals surface area contributed by atoms with Crippen LogP contribution in [-0.2, 0) is 24.2 Å². The van der Waals surface area contributed by atoms with Crippen molar-refractivity contribution in [1.29, 1.82) is 0 Å². The smallest absolute Gasteiger partial charge is 0.322 e. The molecule has 1 aliphatic rings. The maximum absolute atomic E-state index is 13.9. The Hall–Kier alpha value is -3.82. The first-order chi connectivity index (χ1) is 19.3. The van der Waals surface area contributed by atoms with Crippen LogP contribution in [0.25, 0.3) is 0 Å². The molecule has 9 heteroatoms. The van der Waals surface area contributed by atoms with Crippen molar-refractivity contribution in [1.82, 2.24) is 15.5 Å². The molecule has 3 atom stereocenters. The van der Waals surface area contributed by atoms with Gasteiger partial charge in [-0.05, 0) is 66.6 Å². The first-order valence-electron chi connectivity index (χ1n) is 13.7. The van der Waals surface area contributed by atoms with E-state index in [0.717, 1.165) is 18.1 Å². The van der Waals surface area contributed by atoms with Crippen LogP contribution in [0.15, 0.2) is 72.8 Å². The van der Waals surface area contributed by atoms with Crippen molar-refractivity contribution in [3.63, 3.8) is 0 Å². The standard InChI is InChI=1S/C31H36F2N4O3/c1-2-21-8-6-9-22(14-21)19-34-20-29(38)27(17-23-15-24(32)18-25(33)16-23)36-30(39)28-12-7-13-37(28)31(40)35-26-10-4-3-5-11-26/h3-6,8-11,14-16,18,27-29,34,38H,2,7,12-13,17,19-20H2,1H3,(H,35,40)(H,36,39)/t27-,28?,29+/m0/s1. The van der Waals surface area contributed by atoms with E-state index in [1.165, 1.54) is 22.6 Å². The van der Waals surface area contributed by atoms with Gasteiger partial charge in [-0.25, -0.2) is 13.6 Å². The highest BCUT2D eigenvalue weighted by molar-refractivity contribution is 5.94. The largest absolute Gasteiger partial charge is 0.390 e. The first kappa shape index (κ1) is 29.2. The second-order valence-electron chi connectivity index (χ2n) is 10.1. The van der Waals surface area contributed by atoms with E-state index in [9.17, 15) is 23.5 Å². The Balaban J connectivity index is 1.43. The number of anilines is 1. The number of likely N-dealkylation sites (tertiary alicyclic amines) is 1. The number of nitrogens with one attached hydrogen (secondary N) is 3. The summed E-state index contributed by atoms with van der Waals surface area (Å²) in [6.07, 6.45) is 0.990. The van der Waals surface area contributed by atoms with Crippen molar-refractivity contribution in [3.8, 4) is 0 Å². The number of hydrogen-bond acceptors (Lipinski definition) is 4. The number of carbonyl (C=O) groups is 2. The molecule has 0 aromatic heterocycles. The Bertz CT molecular complexity index is 1270. The maximum Gasteiger partial charge on any atom is 0.322 e. The van der Waals surface area contributed by atoms with Crippen LogP contribution in [-0.4, -0.2) is 53.2 Å². The molecule has 0 bridgehead atoms. The number of aliphatic hydroxyl groups excluding tert-OH is 1. The predicted molar refractivity (Wildman–Crippen MR) is 151 cm³/mol. The van der Waals surface area contributed by atoms with Gasteiger partial charge in [-0.3, -0.25) is 4.79 Å². The summed E-state index contributed by atoms with van der Waals surface area (Å²) in [7, 11) is 0. The molecule has 4 rings (SSSR count). The number of aliphatic hydroxyl groups is 1. The average Bonchev–Trinajstić information content (AvgIpc) is 3.43. The molecule has 1 heterocycles. The van der Waals surface area contributed by atoms with E-state index in [-0.39, 0.29) is 19.0 Å². The van der Waals surface area contributed by atoms with Gasteiger partial charge in [0, 0.05) is 31.4 Å². The third kappa shape index (κ3) is 8.09. The Kier molecular flexibility index (Phi) is 10.2. The van der Waals surface area contributed by atoms with E-state index < -0.39 is 35.7 Å². The molecule has 3 amide bonds. The van der Waals surface area contributed by atoms with Gasteiger partial charge in [0.1, 0.15) is 17.7 Å². The summed E-state index contributed by atoms with van der Waals surface area (Å²) in [6.45, 7) is 3.14. The molecule has 0 saturated carbocycles.